The second-order valence-corrected chi connectivity index (χ2v) is 22.2. The van der Waals surface area contributed by atoms with Gasteiger partial charge in [-0.2, -0.15) is 0 Å². The molecule has 226 valence electrons. The maximum atomic E-state index is 14.1. The van der Waals surface area contributed by atoms with Crippen molar-refractivity contribution in [3.8, 4) is 0 Å². The molecule has 0 amide bonds. The second-order valence-electron chi connectivity index (χ2n) is 16.9. The molecular weight excluding hydrogens is 549 g/mol. The van der Waals surface area contributed by atoms with Gasteiger partial charge in [-0.3, -0.25) is 0 Å². The average Bonchev–Trinajstić information content (AvgIpc) is 2.92. The van der Waals surface area contributed by atoms with E-state index < -0.39 is 11.0 Å². The van der Waals surface area contributed by atoms with E-state index in [0.717, 1.165) is 35.5 Å². The maximum absolute atomic E-state index is 14.1. The third-order valence-electron chi connectivity index (χ3n) is 12.7. The van der Waals surface area contributed by atoms with Crippen LogP contribution in [0.1, 0.15) is 115 Å². The maximum Gasteiger partial charge on any atom is 0.100 e. The molecule has 0 spiro atoms. The highest BCUT2D eigenvalue weighted by Crippen LogP contribution is 2.78. The van der Waals surface area contributed by atoms with E-state index in [1.165, 1.54) is 88.2 Å². The van der Waals surface area contributed by atoms with Crippen molar-refractivity contribution < 1.29 is 4.21 Å². The van der Waals surface area contributed by atoms with Crippen LogP contribution in [0.5, 0.6) is 0 Å². The fourth-order valence-corrected chi connectivity index (χ4v) is 19.0. The minimum Gasteiger partial charge on any atom is -0.242 e. The standard InChI is InChI=1S/C38H52NOPS/c1-36(2,3)42(40)39(4)35(32-10-6-5-7-11-32)33-12-8-9-13-34(33)41(37-20-26-14-27(21-37)16-28(15-26)22-37)38-23-29-17-30(24-38)19-31(18-29)25-38/h5-13,26-31,35H,14-25H2,1-4H3/t26?,27?,28?,29?,30?,31?,35-,37?,38?,41?,42-/m1/s1. The summed E-state index contributed by atoms with van der Waals surface area (Å²) in [6.45, 7) is 6.39. The monoisotopic (exact) mass is 601 g/mol. The first-order valence-electron chi connectivity index (χ1n) is 17.2. The normalized spacial score (nSPS) is 40.4. The van der Waals surface area contributed by atoms with Crippen molar-refractivity contribution in [1.82, 2.24) is 4.31 Å². The van der Waals surface area contributed by atoms with E-state index in [1.54, 1.807) is 5.30 Å². The lowest BCUT2D eigenvalue weighted by atomic mass is 9.55. The van der Waals surface area contributed by atoms with Crippen LogP contribution in [0.15, 0.2) is 54.6 Å². The Kier molecular flexibility index (Phi) is 6.94. The first kappa shape index (κ1) is 28.5. The molecule has 0 aromatic heterocycles. The quantitative estimate of drug-likeness (QED) is 0.290. The Bertz CT molecular complexity index is 1230. The van der Waals surface area contributed by atoms with Crippen LogP contribution in [-0.4, -0.2) is 30.6 Å². The van der Waals surface area contributed by atoms with Gasteiger partial charge >= 0.3 is 0 Å². The van der Waals surface area contributed by atoms with Gasteiger partial charge in [0.2, 0.25) is 0 Å². The van der Waals surface area contributed by atoms with Crippen LogP contribution in [0.3, 0.4) is 0 Å². The van der Waals surface area contributed by atoms with Crippen LogP contribution >= 0.6 is 7.92 Å². The van der Waals surface area contributed by atoms with Crippen molar-refractivity contribution in [1.29, 1.82) is 0 Å². The van der Waals surface area contributed by atoms with E-state index in [9.17, 15) is 4.21 Å². The fourth-order valence-electron chi connectivity index (χ4n) is 12.4. The van der Waals surface area contributed by atoms with Crippen molar-refractivity contribution in [3.63, 3.8) is 0 Å². The van der Waals surface area contributed by atoms with Gasteiger partial charge in [0, 0.05) is 7.05 Å². The van der Waals surface area contributed by atoms with Gasteiger partial charge in [0.15, 0.2) is 0 Å². The summed E-state index contributed by atoms with van der Waals surface area (Å²) >= 11 is 0. The molecule has 8 aliphatic carbocycles. The Morgan fingerprint density at radius 3 is 1.52 bits per heavy atom. The average molecular weight is 602 g/mol. The lowest BCUT2D eigenvalue weighted by molar-refractivity contribution is 0.0195. The van der Waals surface area contributed by atoms with Crippen LogP contribution in [-0.2, 0) is 11.0 Å². The van der Waals surface area contributed by atoms with Crippen LogP contribution < -0.4 is 5.30 Å². The first-order chi connectivity index (χ1) is 20.1. The van der Waals surface area contributed by atoms with Crippen molar-refractivity contribution in [3.05, 3.63) is 65.7 Å². The summed E-state index contributed by atoms with van der Waals surface area (Å²) in [6.07, 6.45) is 18.1. The molecule has 0 unspecified atom stereocenters. The van der Waals surface area contributed by atoms with Crippen LogP contribution in [0, 0.1) is 35.5 Å². The molecule has 2 aromatic carbocycles. The molecule has 2 aromatic rings. The highest BCUT2D eigenvalue weighted by Gasteiger charge is 2.63. The molecule has 4 heteroatoms. The topological polar surface area (TPSA) is 20.3 Å². The number of hydrogen-bond acceptors (Lipinski definition) is 1. The summed E-state index contributed by atoms with van der Waals surface area (Å²) in [6, 6.07) is 20.8. The van der Waals surface area contributed by atoms with Crippen molar-refractivity contribution in [2.24, 2.45) is 35.5 Å². The van der Waals surface area contributed by atoms with Gasteiger partial charge in [-0.1, -0.05) is 62.5 Å². The minimum absolute atomic E-state index is 0.00952. The van der Waals surface area contributed by atoms with Crippen molar-refractivity contribution in [2.75, 3.05) is 7.05 Å². The van der Waals surface area contributed by atoms with Crippen molar-refractivity contribution in [2.45, 2.75) is 119 Å². The van der Waals surface area contributed by atoms with Gasteiger partial charge in [0.1, 0.15) is 11.0 Å². The van der Waals surface area contributed by atoms with Crippen LogP contribution in [0.2, 0.25) is 0 Å². The number of rotatable bonds is 7. The predicted octanol–water partition coefficient (Wildman–Crippen LogP) is 9.21. The van der Waals surface area contributed by atoms with E-state index in [2.05, 4.69) is 86.7 Å². The molecule has 42 heavy (non-hydrogen) atoms. The number of benzene rings is 2. The zero-order valence-electron chi connectivity index (χ0n) is 26.4. The molecule has 0 aliphatic heterocycles. The minimum atomic E-state index is -1.11. The van der Waals surface area contributed by atoms with Gasteiger partial charge < -0.3 is 0 Å². The Balaban J connectivity index is 1.32. The Labute approximate surface area is 259 Å². The van der Waals surface area contributed by atoms with E-state index in [4.69, 9.17) is 0 Å². The number of hydrogen-bond donors (Lipinski definition) is 0. The zero-order chi connectivity index (χ0) is 28.9. The Morgan fingerprint density at radius 1 is 0.690 bits per heavy atom. The first-order valence-corrected chi connectivity index (χ1v) is 19.7. The molecule has 0 heterocycles. The van der Waals surface area contributed by atoms with E-state index in [0.29, 0.717) is 10.3 Å². The second kappa shape index (κ2) is 10.3. The summed E-state index contributed by atoms with van der Waals surface area (Å²) < 4.78 is 16.0. The van der Waals surface area contributed by atoms with E-state index in [1.807, 2.05) is 0 Å². The molecule has 0 radical (unpaired) electrons. The summed E-state index contributed by atoms with van der Waals surface area (Å²) in [5.74, 6) is 5.85. The lowest BCUT2D eigenvalue weighted by Gasteiger charge is -2.67. The molecule has 8 fully saturated rings. The Morgan fingerprint density at radius 2 is 1.10 bits per heavy atom. The fraction of sp³-hybridized carbons (Fsp3) is 0.684. The molecule has 0 N–H and O–H groups in total. The molecule has 8 bridgehead atoms. The molecule has 0 saturated heterocycles. The van der Waals surface area contributed by atoms with Gasteiger partial charge in [0.05, 0.1) is 10.8 Å². The molecule has 8 aliphatic rings. The van der Waals surface area contributed by atoms with E-state index >= 15 is 0 Å². The Hall–Kier alpha value is -1.02. The SMILES string of the molecule is CN([C@H](c1ccccc1)c1ccccc1P(C12CC3CC(CC(C3)C1)C2)C12CC3CC(CC(C3)C1)C2)[S@](=O)C(C)(C)C. The third-order valence-corrected chi connectivity index (χ3v) is 18.4. The molecule has 2 atom stereocenters. The van der Waals surface area contributed by atoms with Crippen molar-refractivity contribution >= 4 is 24.2 Å². The summed E-state index contributed by atoms with van der Waals surface area (Å²) in [5.41, 5.74) is 2.76. The number of nitrogens with zero attached hydrogens (tertiary/aromatic N) is 1. The summed E-state index contributed by atoms with van der Waals surface area (Å²) in [4.78, 5) is 0. The lowest BCUT2D eigenvalue weighted by Crippen LogP contribution is -2.58. The highest BCUT2D eigenvalue weighted by molar-refractivity contribution is 7.84. The van der Waals surface area contributed by atoms with Gasteiger partial charge in [-0.25, -0.2) is 8.51 Å². The molecule has 8 saturated carbocycles. The zero-order valence-corrected chi connectivity index (χ0v) is 28.1. The molecule has 10 rings (SSSR count). The van der Waals surface area contributed by atoms with Crippen LogP contribution in [0.4, 0.5) is 0 Å². The van der Waals surface area contributed by atoms with Gasteiger partial charge in [-0.15, -0.1) is 0 Å². The van der Waals surface area contributed by atoms with Crippen LogP contribution in [0.25, 0.3) is 0 Å². The predicted molar refractivity (Wildman–Crippen MR) is 179 cm³/mol. The van der Waals surface area contributed by atoms with E-state index in [-0.39, 0.29) is 18.7 Å². The summed E-state index contributed by atoms with van der Waals surface area (Å²) in [5, 5.41) is 2.76. The largest absolute Gasteiger partial charge is 0.242 e. The smallest absolute Gasteiger partial charge is 0.100 e. The molecule has 2 nitrogen and oxygen atoms in total. The molecular formula is C38H52NOPS. The van der Waals surface area contributed by atoms with Gasteiger partial charge in [-0.05, 0) is 160 Å². The third kappa shape index (κ3) is 4.65. The highest BCUT2D eigenvalue weighted by atomic mass is 32.2. The summed E-state index contributed by atoms with van der Waals surface area (Å²) in [7, 11) is 0.673. The van der Waals surface area contributed by atoms with Gasteiger partial charge in [0.25, 0.3) is 0 Å².